The van der Waals surface area contributed by atoms with E-state index in [0.29, 0.717) is 45.6 Å². The number of fused-ring (bicyclic) bond motifs is 1. The van der Waals surface area contributed by atoms with Gasteiger partial charge in [0.1, 0.15) is 33.5 Å². The van der Waals surface area contributed by atoms with Crippen LogP contribution in [0.2, 0.25) is 5.15 Å². The molecule has 1 spiro atoms. The first-order valence-electron chi connectivity index (χ1n) is 13.9. The number of anilines is 2. The summed E-state index contributed by atoms with van der Waals surface area (Å²) < 4.78 is 8.09. The SMILES string of the molecule is COc1cnc(Cl)cc1-c1cc(N2CCN(C)C3(CC3)C2=O)ncc1C(=O)Nc1nc2cnc(-c3c(C)nnn3C)cc2s1. The number of thiazole rings is 1. The number of hydrogen-bond acceptors (Lipinski definition) is 11. The molecule has 2 fully saturated rings. The predicted octanol–water partition coefficient (Wildman–Crippen LogP) is 3.98. The highest BCUT2D eigenvalue weighted by atomic mass is 35.5. The van der Waals surface area contributed by atoms with Crippen LogP contribution in [0.15, 0.2) is 36.8 Å². The smallest absolute Gasteiger partial charge is 0.259 e. The van der Waals surface area contributed by atoms with E-state index < -0.39 is 11.4 Å². The van der Waals surface area contributed by atoms with Gasteiger partial charge in [0, 0.05) is 37.5 Å². The highest BCUT2D eigenvalue weighted by Gasteiger charge is 2.57. The number of nitrogens with one attached hydrogen (secondary N) is 1. The summed E-state index contributed by atoms with van der Waals surface area (Å²) in [5.74, 6) is 0.453. The number of ether oxygens (including phenoxy) is 1. The van der Waals surface area contributed by atoms with Gasteiger partial charge in [-0.15, -0.1) is 5.10 Å². The van der Waals surface area contributed by atoms with E-state index >= 15 is 0 Å². The van der Waals surface area contributed by atoms with Crippen LogP contribution in [0.5, 0.6) is 5.75 Å². The number of rotatable bonds is 6. The van der Waals surface area contributed by atoms with E-state index in [1.807, 2.05) is 27.1 Å². The minimum absolute atomic E-state index is 0.0150. The van der Waals surface area contributed by atoms with E-state index in [0.717, 1.165) is 35.5 Å². The molecule has 1 saturated heterocycles. The normalized spacial score (nSPS) is 16.1. The quantitative estimate of drug-likeness (QED) is 0.274. The largest absolute Gasteiger partial charge is 0.494 e. The average molecular weight is 631 g/mol. The van der Waals surface area contributed by atoms with E-state index in [4.69, 9.17) is 16.3 Å². The molecule has 1 aliphatic heterocycles. The Balaban J connectivity index is 1.25. The molecule has 2 aliphatic rings. The van der Waals surface area contributed by atoms with Gasteiger partial charge in [-0.3, -0.25) is 29.7 Å². The van der Waals surface area contributed by atoms with Gasteiger partial charge in [-0.2, -0.15) is 0 Å². The predicted molar refractivity (Wildman–Crippen MR) is 166 cm³/mol. The Kier molecular flexibility index (Phi) is 6.79. The molecule has 44 heavy (non-hydrogen) atoms. The van der Waals surface area contributed by atoms with Gasteiger partial charge in [0.25, 0.3) is 5.91 Å². The third kappa shape index (κ3) is 4.66. The van der Waals surface area contributed by atoms with E-state index in [-0.39, 0.29) is 16.6 Å². The highest BCUT2D eigenvalue weighted by molar-refractivity contribution is 7.22. The topological polar surface area (TPSA) is 144 Å². The summed E-state index contributed by atoms with van der Waals surface area (Å²) in [7, 11) is 5.31. The average Bonchev–Trinajstić information content (AvgIpc) is 3.62. The second kappa shape index (κ2) is 10.6. The second-order valence-electron chi connectivity index (χ2n) is 10.9. The molecule has 5 aromatic heterocycles. The zero-order chi connectivity index (χ0) is 30.7. The monoisotopic (exact) mass is 630 g/mol. The number of halogens is 1. The number of likely N-dealkylation sites (N-methyl/N-ethyl adjacent to an activating group) is 1. The molecule has 5 aromatic rings. The van der Waals surface area contributed by atoms with Crippen molar-refractivity contribution in [3.8, 4) is 28.3 Å². The van der Waals surface area contributed by atoms with E-state index in [1.54, 1.807) is 27.9 Å². The molecule has 1 aliphatic carbocycles. The first-order valence-corrected chi connectivity index (χ1v) is 15.1. The molecule has 0 unspecified atom stereocenters. The molecule has 7 rings (SSSR count). The highest BCUT2D eigenvalue weighted by Crippen LogP contribution is 2.45. The Bertz CT molecular complexity index is 1950. The standard InChI is InChI=1S/C29H27ClN10O3S/c1-15-25(39(3)37-36-15)19-11-22-20(13-31-19)34-28(44-22)35-26(41)18-12-33-24(40-8-7-38(2)29(5-6-29)27(40)42)10-16(18)17-9-23(30)32-14-21(17)43-4/h9-14H,5-8H2,1-4H3,(H,34,35,41). The number of carbonyl (C=O) groups is 2. The van der Waals surface area contributed by atoms with Gasteiger partial charge in [0.05, 0.1) is 41.2 Å². The zero-order valence-corrected chi connectivity index (χ0v) is 25.9. The first-order chi connectivity index (χ1) is 21.2. The van der Waals surface area contributed by atoms with E-state index in [9.17, 15) is 9.59 Å². The molecule has 13 nitrogen and oxygen atoms in total. The number of aromatic nitrogens is 7. The lowest BCUT2D eigenvalue weighted by Gasteiger charge is -2.38. The molecule has 1 saturated carbocycles. The van der Waals surface area contributed by atoms with Crippen LogP contribution in [0.25, 0.3) is 32.7 Å². The van der Waals surface area contributed by atoms with Crippen molar-refractivity contribution >= 4 is 55.9 Å². The number of pyridine rings is 3. The van der Waals surface area contributed by atoms with Crippen molar-refractivity contribution in [3.05, 3.63) is 53.2 Å². The van der Waals surface area contributed by atoms with Crippen molar-refractivity contribution in [1.82, 2.24) is 39.8 Å². The first kappa shape index (κ1) is 28.3. The van der Waals surface area contributed by atoms with Gasteiger partial charge < -0.3 is 4.74 Å². The van der Waals surface area contributed by atoms with Gasteiger partial charge in [0.15, 0.2) is 5.13 Å². The van der Waals surface area contributed by atoms with Crippen LogP contribution < -0.4 is 15.0 Å². The van der Waals surface area contributed by atoms with Gasteiger partial charge in [-0.1, -0.05) is 28.2 Å². The fraction of sp³-hybridized carbons (Fsp3) is 0.310. The zero-order valence-electron chi connectivity index (χ0n) is 24.3. The van der Waals surface area contributed by atoms with Crippen molar-refractivity contribution in [2.75, 3.05) is 37.5 Å². The Hall–Kier alpha value is -4.53. The molecule has 0 aromatic carbocycles. The summed E-state index contributed by atoms with van der Waals surface area (Å²) >= 11 is 7.62. The van der Waals surface area contributed by atoms with Crippen molar-refractivity contribution < 1.29 is 14.3 Å². The Morgan fingerprint density at radius 2 is 1.89 bits per heavy atom. The van der Waals surface area contributed by atoms with Crippen LogP contribution in [0, 0.1) is 6.92 Å². The number of piperazine rings is 1. The number of methoxy groups -OCH3 is 1. The fourth-order valence-electron chi connectivity index (χ4n) is 5.69. The van der Waals surface area contributed by atoms with Crippen molar-refractivity contribution in [2.24, 2.45) is 7.05 Å². The number of amides is 2. The lowest BCUT2D eigenvalue weighted by molar-refractivity contribution is -0.126. The summed E-state index contributed by atoms with van der Waals surface area (Å²) in [6.45, 7) is 3.08. The summed E-state index contributed by atoms with van der Waals surface area (Å²) in [4.78, 5) is 49.0. The Labute approximate surface area is 260 Å². The molecular formula is C29H27ClN10O3S. The summed E-state index contributed by atoms with van der Waals surface area (Å²) in [5, 5.41) is 11.7. The van der Waals surface area contributed by atoms with Crippen molar-refractivity contribution in [1.29, 1.82) is 0 Å². The molecular weight excluding hydrogens is 604 g/mol. The Morgan fingerprint density at radius 1 is 1.07 bits per heavy atom. The van der Waals surface area contributed by atoms with Crippen LogP contribution in [0.4, 0.5) is 10.9 Å². The fourth-order valence-corrected chi connectivity index (χ4v) is 6.72. The lowest BCUT2D eigenvalue weighted by Crippen LogP contribution is -2.57. The molecule has 6 heterocycles. The number of nitrogens with zero attached hydrogens (tertiary/aromatic N) is 9. The number of hydrogen-bond donors (Lipinski definition) is 1. The van der Waals surface area contributed by atoms with Gasteiger partial charge in [-0.05, 0) is 45.0 Å². The van der Waals surface area contributed by atoms with Crippen LogP contribution in [-0.4, -0.2) is 84.4 Å². The van der Waals surface area contributed by atoms with Crippen LogP contribution >= 0.6 is 22.9 Å². The maximum Gasteiger partial charge on any atom is 0.259 e. The minimum atomic E-state index is -0.471. The number of aryl methyl sites for hydroxylation is 2. The Morgan fingerprint density at radius 3 is 2.61 bits per heavy atom. The summed E-state index contributed by atoms with van der Waals surface area (Å²) in [6.07, 6.45) is 6.27. The van der Waals surface area contributed by atoms with E-state index in [1.165, 1.54) is 30.8 Å². The van der Waals surface area contributed by atoms with Crippen molar-refractivity contribution in [3.63, 3.8) is 0 Å². The molecule has 224 valence electrons. The molecule has 0 bridgehead atoms. The van der Waals surface area contributed by atoms with E-state index in [2.05, 4.69) is 40.5 Å². The third-order valence-corrected chi connectivity index (χ3v) is 9.38. The van der Waals surface area contributed by atoms with Crippen LogP contribution in [-0.2, 0) is 11.8 Å². The lowest BCUT2D eigenvalue weighted by atomic mass is 10.0. The van der Waals surface area contributed by atoms with Gasteiger partial charge in [0.2, 0.25) is 5.91 Å². The molecule has 15 heteroatoms. The van der Waals surface area contributed by atoms with Gasteiger partial charge in [-0.25, -0.2) is 19.6 Å². The molecule has 0 radical (unpaired) electrons. The van der Waals surface area contributed by atoms with Crippen LogP contribution in [0.1, 0.15) is 28.9 Å². The molecule has 0 atom stereocenters. The second-order valence-corrected chi connectivity index (χ2v) is 12.3. The van der Waals surface area contributed by atoms with Gasteiger partial charge >= 0.3 is 0 Å². The third-order valence-electron chi connectivity index (χ3n) is 8.24. The molecule has 1 N–H and O–H groups in total. The maximum atomic E-state index is 13.8. The van der Waals surface area contributed by atoms with Crippen LogP contribution in [0.3, 0.4) is 0 Å². The maximum absolute atomic E-state index is 13.8. The minimum Gasteiger partial charge on any atom is -0.494 e. The van der Waals surface area contributed by atoms with Crippen molar-refractivity contribution in [2.45, 2.75) is 25.3 Å². The number of carbonyl (C=O) groups excluding carboxylic acids is 2. The summed E-state index contributed by atoms with van der Waals surface area (Å²) in [6, 6.07) is 5.27. The molecule has 2 amide bonds. The summed E-state index contributed by atoms with van der Waals surface area (Å²) in [5.41, 5.74) is 3.74.